The van der Waals surface area contributed by atoms with Crippen LogP contribution in [0.25, 0.3) is 0 Å². The summed E-state index contributed by atoms with van der Waals surface area (Å²) >= 11 is 22.7. The number of alkyl halides is 6. The molecule has 2 amide bonds. The van der Waals surface area contributed by atoms with Crippen LogP contribution in [0.4, 0.5) is 35.9 Å². The van der Waals surface area contributed by atoms with Crippen LogP contribution in [0, 0.1) is 33.1 Å². The Kier molecular flexibility index (Phi) is 34.6. The summed E-state index contributed by atoms with van der Waals surface area (Å²) in [4.78, 5) is 121. The van der Waals surface area contributed by atoms with E-state index in [4.69, 9.17) is 75.7 Å². The summed E-state index contributed by atoms with van der Waals surface area (Å²) < 4.78 is 86.5. The first-order valence-corrected chi connectivity index (χ1v) is 35.8. The van der Waals surface area contributed by atoms with Crippen molar-refractivity contribution < 1.29 is 104 Å². The summed E-state index contributed by atoms with van der Waals surface area (Å²) in [5.74, 6) is -6.36. The van der Waals surface area contributed by atoms with Crippen LogP contribution < -0.4 is 29.5 Å². The van der Waals surface area contributed by atoms with E-state index >= 15 is 0 Å². The molecule has 1 aliphatic carbocycles. The van der Waals surface area contributed by atoms with Crippen LogP contribution >= 0.6 is 54.0 Å². The fraction of sp³-hybridized carbons (Fsp3) is 0.383. The number of nitrogens with one attached hydrogen (secondary N) is 1. The number of aryl methyl sites for hydroxylation is 2. The van der Waals surface area contributed by atoms with Crippen LogP contribution in [0.2, 0.25) is 5.02 Å². The van der Waals surface area contributed by atoms with Crippen LogP contribution in [-0.2, 0) is 66.6 Å². The van der Waals surface area contributed by atoms with Gasteiger partial charge in [0, 0.05) is 44.4 Å². The minimum atomic E-state index is -4.58. The Labute approximate surface area is 573 Å². The Balaban J connectivity index is 0.000000411. The number of Topliss-reactive ketones (excluding diaryl/α,β-unsaturated/α-hetero) is 3. The molecule has 96 heavy (non-hydrogen) atoms. The summed E-state index contributed by atoms with van der Waals surface area (Å²) in [5.41, 5.74) is 0.517. The number of nitro benzene ring substituents is 2. The van der Waals surface area contributed by atoms with E-state index in [1.54, 1.807) is 16.9 Å². The number of methoxy groups -OCH3 is 1. The van der Waals surface area contributed by atoms with Gasteiger partial charge in [-0.15, -0.1) is 11.6 Å². The molecular formula is C60H69Cl4F3N5O21PS2. The molecule has 3 unspecified atom stereocenters. The van der Waals surface area contributed by atoms with E-state index in [1.807, 2.05) is 62.5 Å². The fourth-order valence-corrected chi connectivity index (χ4v) is 10.2. The second kappa shape index (κ2) is 39.2. The SMILES string of the molecule is CC1COc2ccccc2N1C(=O)C(Cl)Cl.CCc1cccc(C)c1N(C(=O)CCl)C(C)COC.CS(=O)(=O)c1ccc(C(=O)C2C(=O)CCCC2=O)c([N+](=O)[O-])c1.C[S+](C)C.O=C(O)CNCP(=O)([O-])O.O=C(O)c1cc(Oc2ccc(C(F)(F)F)cc2Cl)ccc1[N+](=O)[O-]. The van der Waals surface area contributed by atoms with Gasteiger partial charge in [0.2, 0.25) is 5.91 Å². The summed E-state index contributed by atoms with van der Waals surface area (Å²) in [5, 5.41) is 40.5. The van der Waals surface area contributed by atoms with E-state index < -0.39 is 114 Å². The molecule has 0 bridgehead atoms. The minimum absolute atomic E-state index is 0.0223. The lowest BCUT2D eigenvalue weighted by Gasteiger charge is -2.35. The van der Waals surface area contributed by atoms with Gasteiger partial charge in [-0.2, -0.15) is 13.2 Å². The van der Waals surface area contributed by atoms with Gasteiger partial charge >= 0.3 is 18.1 Å². The normalized spacial score (nSPS) is 14.4. The van der Waals surface area contributed by atoms with Crippen molar-refractivity contribution in [3.8, 4) is 17.2 Å². The number of hydrogen-bond donors (Lipinski definition) is 4. The number of sulfone groups is 1. The Bertz CT molecular complexity index is 3760. The first kappa shape index (κ1) is 84.8. The second-order valence-electron chi connectivity index (χ2n) is 20.9. The number of ketones is 3. The summed E-state index contributed by atoms with van der Waals surface area (Å²) in [6, 6.07) is 21.4. The third kappa shape index (κ3) is 27.0. The zero-order valence-corrected chi connectivity index (χ0v) is 58.4. The Morgan fingerprint density at radius 2 is 1.50 bits per heavy atom. The molecule has 1 fully saturated rings. The highest BCUT2D eigenvalue weighted by atomic mass is 35.5. The lowest BCUT2D eigenvalue weighted by atomic mass is 9.81. The van der Waals surface area contributed by atoms with Crippen molar-refractivity contribution in [3.05, 3.63) is 150 Å². The average Bonchev–Trinajstić information content (AvgIpc) is 0.811. The maximum absolute atomic E-state index is 12.6. The Morgan fingerprint density at radius 1 is 0.906 bits per heavy atom. The average molecular weight is 1490 g/mol. The molecule has 2 aliphatic rings. The summed E-state index contributed by atoms with van der Waals surface area (Å²) in [7, 11) is -5.77. The van der Waals surface area contributed by atoms with Crippen molar-refractivity contribution in [2.45, 2.75) is 81.4 Å². The topological polar surface area (TPSA) is 387 Å². The van der Waals surface area contributed by atoms with Crippen LogP contribution in [-0.4, -0.2) is 155 Å². The number of aromatic carboxylic acids is 1. The van der Waals surface area contributed by atoms with Crippen molar-refractivity contribution in [3.63, 3.8) is 0 Å². The molecule has 1 aliphatic heterocycles. The number of carbonyl (C=O) groups is 7. The van der Waals surface area contributed by atoms with Gasteiger partial charge in [-0.25, -0.2) is 13.2 Å². The lowest BCUT2D eigenvalue weighted by molar-refractivity contribution is -0.385. The first-order chi connectivity index (χ1) is 44.5. The number of carbonyl (C=O) groups excluding carboxylic acids is 5. The van der Waals surface area contributed by atoms with E-state index in [-0.39, 0.29) is 64.0 Å². The van der Waals surface area contributed by atoms with E-state index in [9.17, 15) is 84.8 Å². The fourth-order valence-electron chi connectivity index (χ4n) is 8.62. The molecule has 0 spiro atoms. The lowest BCUT2D eigenvalue weighted by Crippen LogP contribution is -2.47. The maximum atomic E-state index is 12.6. The third-order valence-corrected chi connectivity index (χ3v) is 15.4. The van der Waals surface area contributed by atoms with Gasteiger partial charge in [-0.1, -0.05) is 72.1 Å². The Morgan fingerprint density at radius 3 is 1.99 bits per heavy atom. The monoisotopic (exact) mass is 1490 g/mol. The number of amides is 2. The number of hydrogen-bond acceptors (Lipinski definition) is 19. The molecule has 5 aromatic rings. The van der Waals surface area contributed by atoms with E-state index in [2.05, 4.69) is 31.8 Å². The number of ether oxygens (including phenoxy) is 3. The van der Waals surface area contributed by atoms with Gasteiger partial charge in [-0.05, 0) is 104 Å². The van der Waals surface area contributed by atoms with Crippen molar-refractivity contribution >= 4 is 139 Å². The highest BCUT2D eigenvalue weighted by Gasteiger charge is 2.40. The minimum Gasteiger partial charge on any atom is -0.778 e. The zero-order valence-electron chi connectivity index (χ0n) is 52.8. The number of para-hydroxylation sites is 3. The van der Waals surface area contributed by atoms with E-state index in [0.29, 0.717) is 42.3 Å². The summed E-state index contributed by atoms with van der Waals surface area (Å²) in [6.07, 6.45) is 3.54. The molecular weight excluding hydrogens is 1420 g/mol. The van der Waals surface area contributed by atoms with Crippen LogP contribution in [0.5, 0.6) is 17.2 Å². The van der Waals surface area contributed by atoms with Gasteiger partial charge in [0.1, 0.15) is 48.8 Å². The molecule has 7 rings (SSSR count). The van der Waals surface area contributed by atoms with Gasteiger partial charge < -0.3 is 48.6 Å². The first-order valence-electron chi connectivity index (χ1n) is 27.9. The van der Waals surface area contributed by atoms with Gasteiger partial charge in [0.05, 0.1) is 92.6 Å². The number of carboxylic acids is 2. The highest BCUT2D eigenvalue weighted by molar-refractivity contribution is 7.94. The van der Waals surface area contributed by atoms with E-state index in [0.717, 1.165) is 83.7 Å². The smallest absolute Gasteiger partial charge is 0.416 e. The molecule has 3 atom stereocenters. The molecule has 1 saturated carbocycles. The molecule has 0 radical (unpaired) electrons. The number of fused-ring (bicyclic) bond motifs is 1. The molecule has 4 N–H and O–H groups in total. The zero-order chi connectivity index (χ0) is 73.3. The molecule has 0 saturated heterocycles. The molecule has 36 heteroatoms. The third-order valence-electron chi connectivity index (χ3n) is 12.7. The number of nitrogens with zero attached hydrogens (tertiary/aromatic N) is 4. The van der Waals surface area contributed by atoms with Gasteiger partial charge in [0.25, 0.3) is 17.3 Å². The predicted molar refractivity (Wildman–Crippen MR) is 354 cm³/mol. The number of rotatable bonds is 19. The molecule has 0 aromatic heterocycles. The highest BCUT2D eigenvalue weighted by Crippen LogP contribution is 2.39. The second-order valence-corrected chi connectivity index (χ2v) is 28.7. The van der Waals surface area contributed by atoms with Crippen molar-refractivity contribution in [1.29, 1.82) is 0 Å². The standard InChI is InChI=1S/C15H22ClNO2.C14H7ClF3NO5.C14H13NO7S.C11H11Cl2NO2.C3H8NO5P.C3H9S/c1-5-13-8-6-7-11(2)15(13)17(14(18)9-16)12(3)10-19-4;15-10-5-7(14(16,17)18)1-4-12(10)24-8-2-3-11(19(22)23)9(6-8)13(20)21;1-23(21,22)8-5-6-9(10(7-8)15(19)20)14(18)13-11(16)3-2-4-12(13)17;1-7-6-16-9-5-3-2-4-8(9)14(7)11(15)10(12)13;5-3(6)1-4-2-10(7,8)9;1-4(2)3/h6-8,12H,5,9-10H2,1-4H3;1-6H,(H,20,21);5-7,13H,2-4H2,1H3;2-5,7,10H,6H2,1H3;4H,1-2H2,(H,5,6)(H2,7,8,9);1-3H3/q;;;;;+1/p-1. The van der Waals surface area contributed by atoms with Crippen molar-refractivity contribution in [2.75, 3.05) is 73.9 Å². The predicted octanol–water partition coefficient (Wildman–Crippen LogP) is 10.3. The number of halogens is 7. The van der Waals surface area contributed by atoms with Crippen LogP contribution in [0.3, 0.4) is 0 Å². The number of aliphatic carboxylic acids is 1. The van der Waals surface area contributed by atoms with Crippen LogP contribution in [0.15, 0.2) is 102 Å². The number of anilines is 2. The molecule has 26 nitrogen and oxygen atoms in total. The van der Waals surface area contributed by atoms with Crippen molar-refractivity contribution in [2.24, 2.45) is 5.92 Å². The van der Waals surface area contributed by atoms with Crippen molar-refractivity contribution in [1.82, 2.24) is 5.32 Å². The number of nitro groups is 2. The molecule has 1 heterocycles. The van der Waals surface area contributed by atoms with Gasteiger partial charge in [-0.3, -0.25) is 54.3 Å². The molecule has 5 aromatic carbocycles. The molecule has 526 valence electrons. The maximum Gasteiger partial charge on any atom is 0.416 e. The largest absolute Gasteiger partial charge is 0.778 e. The van der Waals surface area contributed by atoms with Crippen LogP contribution in [0.1, 0.15) is 77.4 Å². The number of carboxylic acid groups (broad SMARTS) is 2. The van der Waals surface area contributed by atoms with Gasteiger partial charge in [0.15, 0.2) is 32.0 Å². The number of benzene rings is 5. The summed E-state index contributed by atoms with van der Waals surface area (Å²) in [6.45, 7) is 8.42. The quantitative estimate of drug-likeness (QED) is 0.0113. The van der Waals surface area contributed by atoms with E-state index in [1.165, 1.54) is 0 Å². The Hall–Kier alpha value is -7.29.